The molecule has 1 heterocycles. The van der Waals surface area contributed by atoms with E-state index in [-0.39, 0.29) is 5.91 Å². The molecule has 1 amide bonds. The molecule has 0 atom stereocenters. The van der Waals surface area contributed by atoms with Crippen LogP contribution in [-0.4, -0.2) is 18.7 Å². The number of halogens is 2. The maximum absolute atomic E-state index is 11.4. The second-order valence-corrected chi connectivity index (χ2v) is 7.83. The van der Waals surface area contributed by atoms with Crippen molar-refractivity contribution >= 4 is 53.1 Å². The molecule has 0 saturated carbocycles. The fourth-order valence-electron chi connectivity index (χ4n) is 2.65. The van der Waals surface area contributed by atoms with Gasteiger partial charge in [0, 0.05) is 18.3 Å². The van der Waals surface area contributed by atoms with Gasteiger partial charge in [0.15, 0.2) is 0 Å². The van der Waals surface area contributed by atoms with Crippen molar-refractivity contribution in [1.82, 2.24) is 0 Å². The van der Waals surface area contributed by atoms with E-state index < -0.39 is 0 Å². The number of rotatable bonds is 9. The van der Waals surface area contributed by atoms with Crippen LogP contribution in [0.4, 0.5) is 5.69 Å². The van der Waals surface area contributed by atoms with Gasteiger partial charge in [-0.2, -0.15) is 0 Å². The number of hydrogen-bond acceptors (Lipinski definition) is 5. The Labute approximate surface area is 178 Å². The van der Waals surface area contributed by atoms with Crippen molar-refractivity contribution in [3.05, 3.63) is 52.0 Å². The number of benzene rings is 2. The third kappa shape index (κ3) is 6.33. The van der Waals surface area contributed by atoms with Gasteiger partial charge in [0.05, 0.1) is 21.5 Å². The Kier molecular flexibility index (Phi) is 7.89. The van der Waals surface area contributed by atoms with E-state index in [9.17, 15) is 4.79 Å². The Morgan fingerprint density at radius 1 is 1.11 bits per heavy atom. The molecule has 0 aliphatic carbocycles. The number of carbonyl (C=O) groups excluding carboxylic acids is 1. The number of ether oxygens (including phenoxy) is 1. The largest absolute Gasteiger partial charge is 0.494 e. The lowest BCUT2D eigenvalue weighted by Crippen LogP contribution is -2.18. The molecule has 0 saturated heterocycles. The van der Waals surface area contributed by atoms with Crippen LogP contribution in [-0.2, 0) is 15.5 Å². The minimum Gasteiger partial charge on any atom is -0.494 e. The van der Waals surface area contributed by atoms with Gasteiger partial charge < -0.3 is 14.3 Å². The van der Waals surface area contributed by atoms with Gasteiger partial charge in [0.25, 0.3) is 0 Å². The summed E-state index contributed by atoms with van der Waals surface area (Å²) >= 11 is 12.9. The first-order valence-electron chi connectivity index (χ1n) is 8.98. The monoisotopic (exact) mass is 438 g/mol. The lowest BCUT2D eigenvalue weighted by Gasteiger charge is -2.17. The molecule has 28 heavy (non-hydrogen) atoms. The van der Waals surface area contributed by atoms with E-state index >= 15 is 0 Å². The van der Waals surface area contributed by atoms with Crippen LogP contribution in [0.15, 0.2) is 46.4 Å². The van der Waals surface area contributed by atoms with Crippen LogP contribution in [0.25, 0.3) is 0 Å². The maximum atomic E-state index is 11.4. The topological polar surface area (TPSA) is 59.9 Å². The van der Waals surface area contributed by atoms with Gasteiger partial charge in [-0.3, -0.25) is 4.79 Å². The number of anilines is 1. The zero-order chi connectivity index (χ0) is 19.8. The predicted molar refractivity (Wildman–Crippen MR) is 115 cm³/mol. The molecule has 3 rings (SSSR count). The van der Waals surface area contributed by atoms with Gasteiger partial charge in [0.2, 0.25) is 5.91 Å². The van der Waals surface area contributed by atoms with Crippen molar-refractivity contribution in [2.24, 2.45) is 5.16 Å². The number of nitrogens with zero attached hydrogens (tertiary/aromatic N) is 1. The molecule has 0 bridgehead atoms. The maximum Gasteiger partial charge on any atom is 0.224 e. The van der Waals surface area contributed by atoms with Crippen molar-refractivity contribution in [3.63, 3.8) is 0 Å². The molecular formula is C20H20Cl2N2O3S. The summed E-state index contributed by atoms with van der Waals surface area (Å²) in [5, 5.41) is 7.79. The predicted octanol–water partition coefficient (Wildman–Crippen LogP) is 6.14. The first kappa shape index (κ1) is 20.8. The SMILES string of the molecule is O=C1CCc2cc(OCCCCC=NOSc3ccc(Cl)c(Cl)c3)ccc2N1. The highest BCUT2D eigenvalue weighted by molar-refractivity contribution is 7.94. The smallest absolute Gasteiger partial charge is 0.224 e. The summed E-state index contributed by atoms with van der Waals surface area (Å²) in [6.45, 7) is 0.637. The van der Waals surface area contributed by atoms with Crippen molar-refractivity contribution < 1.29 is 13.8 Å². The number of amides is 1. The molecule has 0 aromatic heterocycles. The van der Waals surface area contributed by atoms with E-state index in [4.69, 9.17) is 32.2 Å². The summed E-state index contributed by atoms with van der Waals surface area (Å²) < 4.78 is 11.0. The van der Waals surface area contributed by atoms with Crippen molar-refractivity contribution in [2.75, 3.05) is 11.9 Å². The van der Waals surface area contributed by atoms with Crippen LogP contribution in [0.2, 0.25) is 10.0 Å². The second-order valence-electron chi connectivity index (χ2n) is 6.23. The molecule has 8 heteroatoms. The van der Waals surface area contributed by atoms with Crippen LogP contribution in [0.3, 0.4) is 0 Å². The molecule has 1 aliphatic heterocycles. The molecule has 1 aliphatic rings. The minimum atomic E-state index is 0.0715. The Morgan fingerprint density at radius 3 is 2.86 bits per heavy atom. The van der Waals surface area contributed by atoms with E-state index in [0.29, 0.717) is 23.1 Å². The zero-order valence-corrected chi connectivity index (χ0v) is 17.4. The zero-order valence-electron chi connectivity index (χ0n) is 15.1. The van der Waals surface area contributed by atoms with E-state index in [2.05, 4.69) is 10.5 Å². The Balaban J connectivity index is 1.28. The number of nitrogens with one attached hydrogen (secondary N) is 1. The third-order valence-electron chi connectivity index (χ3n) is 4.11. The van der Waals surface area contributed by atoms with Gasteiger partial charge in [-0.15, -0.1) is 0 Å². The number of hydrogen-bond donors (Lipinski definition) is 1. The average molecular weight is 439 g/mol. The number of aryl methyl sites for hydroxylation is 1. The fourth-order valence-corrected chi connectivity index (χ4v) is 3.50. The number of carbonyl (C=O) groups is 1. The van der Waals surface area contributed by atoms with Gasteiger partial charge in [-0.05, 0) is 67.6 Å². The van der Waals surface area contributed by atoms with Crippen LogP contribution in [0.5, 0.6) is 5.75 Å². The fraction of sp³-hybridized carbons (Fsp3) is 0.300. The highest BCUT2D eigenvalue weighted by Crippen LogP contribution is 2.29. The molecule has 1 N–H and O–H groups in total. The minimum absolute atomic E-state index is 0.0715. The van der Waals surface area contributed by atoms with Crippen LogP contribution >= 0.6 is 35.2 Å². The van der Waals surface area contributed by atoms with E-state index in [1.54, 1.807) is 18.3 Å². The third-order valence-corrected chi connectivity index (χ3v) is 5.46. The summed E-state index contributed by atoms with van der Waals surface area (Å²) in [6, 6.07) is 11.1. The molecule has 5 nitrogen and oxygen atoms in total. The Morgan fingerprint density at radius 2 is 2.00 bits per heavy atom. The summed E-state index contributed by atoms with van der Waals surface area (Å²) in [7, 11) is 0. The highest BCUT2D eigenvalue weighted by atomic mass is 35.5. The molecule has 0 spiro atoms. The van der Waals surface area contributed by atoms with Gasteiger partial charge in [0.1, 0.15) is 17.8 Å². The first-order valence-corrected chi connectivity index (χ1v) is 10.5. The molecular weight excluding hydrogens is 419 g/mol. The van der Waals surface area contributed by atoms with E-state index in [1.165, 1.54) is 0 Å². The van der Waals surface area contributed by atoms with Crippen molar-refractivity contribution in [1.29, 1.82) is 0 Å². The second kappa shape index (κ2) is 10.6. The van der Waals surface area contributed by atoms with Gasteiger partial charge in [-0.25, -0.2) is 0 Å². The standard InChI is InChI=1S/C20H20Cl2N2O3S/c21-17-7-6-16(13-18(17)22)28-27-23-10-2-1-3-11-26-15-5-8-19-14(12-15)4-9-20(25)24-19/h5-8,10,12-13H,1-4,9,11H2,(H,24,25). The number of oxime groups is 1. The molecule has 0 unspecified atom stereocenters. The molecule has 2 aromatic rings. The van der Waals surface area contributed by atoms with Crippen molar-refractivity contribution in [3.8, 4) is 5.75 Å². The first-order chi connectivity index (χ1) is 13.6. The molecule has 0 fully saturated rings. The summed E-state index contributed by atoms with van der Waals surface area (Å²) in [5.41, 5.74) is 2.01. The summed E-state index contributed by atoms with van der Waals surface area (Å²) in [6.07, 6.45) is 5.70. The van der Waals surface area contributed by atoms with Crippen LogP contribution in [0.1, 0.15) is 31.2 Å². The number of fused-ring (bicyclic) bond motifs is 1. The van der Waals surface area contributed by atoms with Gasteiger partial charge in [-0.1, -0.05) is 28.4 Å². The Hall–Kier alpha value is -1.89. The Bertz CT molecular complexity index is 861. The summed E-state index contributed by atoms with van der Waals surface area (Å²) in [4.78, 5) is 12.2. The van der Waals surface area contributed by atoms with Crippen molar-refractivity contribution in [2.45, 2.75) is 37.0 Å². The van der Waals surface area contributed by atoms with Crippen LogP contribution < -0.4 is 10.1 Å². The average Bonchev–Trinajstić information content (AvgIpc) is 2.69. The van der Waals surface area contributed by atoms with Crippen LogP contribution in [0, 0.1) is 0 Å². The van der Waals surface area contributed by atoms with E-state index in [0.717, 1.165) is 59.6 Å². The quantitative estimate of drug-likeness (QED) is 0.221. The molecule has 2 aromatic carbocycles. The lowest BCUT2D eigenvalue weighted by atomic mass is 10.0. The molecule has 0 radical (unpaired) electrons. The highest BCUT2D eigenvalue weighted by Gasteiger charge is 2.14. The molecule has 148 valence electrons. The van der Waals surface area contributed by atoms with E-state index in [1.807, 2.05) is 24.3 Å². The van der Waals surface area contributed by atoms with Gasteiger partial charge >= 0.3 is 0 Å². The summed E-state index contributed by atoms with van der Waals surface area (Å²) in [5.74, 6) is 0.909. The number of unbranched alkanes of at least 4 members (excludes halogenated alkanes) is 2. The normalized spacial score (nSPS) is 13.3. The lowest BCUT2D eigenvalue weighted by molar-refractivity contribution is -0.116.